The third-order valence-corrected chi connectivity index (χ3v) is 3.01. The Hall–Kier alpha value is -1.60. The van der Waals surface area contributed by atoms with Gasteiger partial charge >= 0.3 is 0 Å². The fraction of sp³-hybridized carbons (Fsp3) is 0.462. The zero-order valence-corrected chi connectivity index (χ0v) is 9.67. The highest BCUT2D eigenvalue weighted by atomic mass is 19.1. The monoisotopic (exact) mass is 233 g/mol. The highest BCUT2D eigenvalue weighted by Crippen LogP contribution is 2.18. The van der Waals surface area contributed by atoms with Crippen LogP contribution in [0, 0.1) is 17.1 Å². The molecule has 0 radical (unpaired) electrons. The van der Waals surface area contributed by atoms with Crippen molar-refractivity contribution < 1.29 is 4.39 Å². The lowest BCUT2D eigenvalue weighted by Crippen LogP contribution is -2.31. The second-order valence-corrected chi connectivity index (χ2v) is 4.34. The van der Waals surface area contributed by atoms with Crippen molar-refractivity contribution in [2.75, 3.05) is 18.4 Å². The van der Waals surface area contributed by atoms with Crippen LogP contribution in [0.5, 0.6) is 0 Å². The molecule has 1 aliphatic rings. The molecule has 3 nitrogen and oxygen atoms in total. The van der Waals surface area contributed by atoms with E-state index >= 15 is 0 Å². The van der Waals surface area contributed by atoms with Crippen LogP contribution in [0.25, 0.3) is 0 Å². The molecule has 0 spiro atoms. The number of anilines is 1. The van der Waals surface area contributed by atoms with Crippen LogP contribution < -0.4 is 10.6 Å². The summed E-state index contributed by atoms with van der Waals surface area (Å²) in [5, 5.41) is 15.6. The number of rotatable bonds is 2. The van der Waals surface area contributed by atoms with Crippen LogP contribution in [0.1, 0.15) is 24.8 Å². The summed E-state index contributed by atoms with van der Waals surface area (Å²) >= 11 is 0. The van der Waals surface area contributed by atoms with E-state index in [1.807, 2.05) is 6.07 Å². The van der Waals surface area contributed by atoms with E-state index in [0.717, 1.165) is 25.2 Å². The van der Waals surface area contributed by atoms with Crippen LogP contribution in [0.4, 0.5) is 10.1 Å². The number of nitrogens with zero attached hydrogens (tertiary/aromatic N) is 1. The average molecular weight is 233 g/mol. The molecule has 0 amide bonds. The first kappa shape index (κ1) is 11.9. The fourth-order valence-corrected chi connectivity index (χ4v) is 2.10. The first-order valence-electron chi connectivity index (χ1n) is 5.96. The zero-order chi connectivity index (χ0) is 12.1. The van der Waals surface area contributed by atoms with Crippen molar-refractivity contribution in [2.45, 2.75) is 25.3 Å². The normalized spacial score (nSPS) is 20.4. The summed E-state index contributed by atoms with van der Waals surface area (Å²) in [6, 6.07) is 6.62. The summed E-state index contributed by atoms with van der Waals surface area (Å²) in [6.45, 7) is 1.94. The summed E-state index contributed by atoms with van der Waals surface area (Å²) in [5.41, 5.74) is 1.09. The van der Waals surface area contributed by atoms with E-state index < -0.39 is 0 Å². The van der Waals surface area contributed by atoms with Gasteiger partial charge < -0.3 is 10.6 Å². The molecule has 1 heterocycles. The Kier molecular flexibility index (Phi) is 3.94. The molecule has 90 valence electrons. The number of hydrogen-bond donors (Lipinski definition) is 2. The maximum atomic E-state index is 13.0. The number of nitriles is 1. The minimum atomic E-state index is -0.369. The maximum absolute atomic E-state index is 13.0. The van der Waals surface area contributed by atoms with Gasteiger partial charge in [-0.2, -0.15) is 5.26 Å². The molecule has 1 aromatic rings. The molecule has 0 aromatic heterocycles. The van der Waals surface area contributed by atoms with Gasteiger partial charge in [-0.3, -0.25) is 0 Å². The van der Waals surface area contributed by atoms with E-state index in [1.165, 1.54) is 25.0 Å². The minimum Gasteiger partial charge on any atom is -0.380 e. The lowest BCUT2D eigenvalue weighted by Gasteiger charge is -2.18. The lowest BCUT2D eigenvalue weighted by atomic mass is 10.1. The van der Waals surface area contributed by atoms with Gasteiger partial charge in [0.25, 0.3) is 0 Å². The molecule has 1 unspecified atom stereocenters. The van der Waals surface area contributed by atoms with Crippen molar-refractivity contribution in [2.24, 2.45) is 0 Å². The van der Waals surface area contributed by atoms with Crippen LogP contribution in [0.15, 0.2) is 18.2 Å². The topological polar surface area (TPSA) is 47.9 Å². The molecule has 1 aromatic carbocycles. The Labute approximate surface area is 101 Å². The van der Waals surface area contributed by atoms with Crippen molar-refractivity contribution in [3.8, 4) is 6.07 Å². The third kappa shape index (κ3) is 3.18. The van der Waals surface area contributed by atoms with E-state index in [-0.39, 0.29) is 5.82 Å². The van der Waals surface area contributed by atoms with Gasteiger partial charge in [0.15, 0.2) is 0 Å². The van der Waals surface area contributed by atoms with Crippen molar-refractivity contribution in [1.29, 1.82) is 5.26 Å². The van der Waals surface area contributed by atoms with E-state index in [0.29, 0.717) is 11.6 Å². The highest BCUT2D eigenvalue weighted by molar-refractivity contribution is 5.57. The standard InChI is InChI=1S/C13H16FN3/c14-11-4-5-13(10(7-11)8-15)17-12-3-1-2-6-16-9-12/h4-5,7,12,16-17H,1-3,6,9H2. The number of nitrogens with one attached hydrogen (secondary N) is 2. The second kappa shape index (κ2) is 5.65. The first-order valence-corrected chi connectivity index (χ1v) is 5.96. The molecule has 4 heteroatoms. The molecule has 0 aliphatic carbocycles. The molecule has 2 rings (SSSR count). The Balaban J connectivity index is 2.09. The average Bonchev–Trinajstić information content (AvgIpc) is 2.60. The largest absolute Gasteiger partial charge is 0.380 e. The molecule has 1 aliphatic heterocycles. The van der Waals surface area contributed by atoms with Crippen molar-refractivity contribution in [3.05, 3.63) is 29.6 Å². The molecule has 0 saturated carbocycles. The van der Waals surface area contributed by atoms with E-state index in [4.69, 9.17) is 5.26 Å². The van der Waals surface area contributed by atoms with Gasteiger partial charge in [-0.1, -0.05) is 6.42 Å². The third-order valence-electron chi connectivity index (χ3n) is 3.01. The van der Waals surface area contributed by atoms with Gasteiger partial charge in [-0.15, -0.1) is 0 Å². The van der Waals surface area contributed by atoms with Crippen molar-refractivity contribution >= 4 is 5.69 Å². The molecule has 2 N–H and O–H groups in total. The fourth-order valence-electron chi connectivity index (χ4n) is 2.10. The van der Waals surface area contributed by atoms with Gasteiger partial charge in [-0.05, 0) is 37.6 Å². The Morgan fingerprint density at radius 1 is 1.41 bits per heavy atom. The lowest BCUT2D eigenvalue weighted by molar-refractivity contribution is 0.624. The highest BCUT2D eigenvalue weighted by Gasteiger charge is 2.13. The van der Waals surface area contributed by atoms with Gasteiger partial charge in [-0.25, -0.2) is 4.39 Å². The zero-order valence-electron chi connectivity index (χ0n) is 9.67. The van der Waals surface area contributed by atoms with Gasteiger partial charge in [0.1, 0.15) is 11.9 Å². The summed E-state index contributed by atoms with van der Waals surface area (Å²) in [6.07, 6.45) is 3.44. The second-order valence-electron chi connectivity index (χ2n) is 4.34. The molecule has 17 heavy (non-hydrogen) atoms. The van der Waals surface area contributed by atoms with Gasteiger partial charge in [0, 0.05) is 12.6 Å². The summed E-state index contributed by atoms with van der Waals surface area (Å²) in [7, 11) is 0. The van der Waals surface area contributed by atoms with E-state index in [1.54, 1.807) is 6.07 Å². The van der Waals surface area contributed by atoms with Gasteiger partial charge in [0.2, 0.25) is 0 Å². The van der Waals surface area contributed by atoms with Crippen LogP contribution in [0.2, 0.25) is 0 Å². The summed E-state index contributed by atoms with van der Waals surface area (Å²) in [5.74, 6) is -0.369. The predicted molar refractivity (Wildman–Crippen MR) is 65.2 cm³/mol. The van der Waals surface area contributed by atoms with Crippen molar-refractivity contribution in [3.63, 3.8) is 0 Å². The minimum absolute atomic E-state index is 0.315. The van der Waals surface area contributed by atoms with Crippen LogP contribution in [-0.2, 0) is 0 Å². The Bertz CT molecular complexity index is 417. The molecule has 0 bridgehead atoms. The van der Waals surface area contributed by atoms with Crippen LogP contribution >= 0.6 is 0 Å². The molecule has 1 saturated heterocycles. The molecular formula is C13H16FN3. The number of halogens is 1. The summed E-state index contributed by atoms with van der Waals surface area (Å²) in [4.78, 5) is 0. The molecule has 1 fully saturated rings. The predicted octanol–water partition coefficient (Wildman–Crippen LogP) is 2.25. The SMILES string of the molecule is N#Cc1cc(F)ccc1NC1CCCCNC1. The van der Waals surface area contributed by atoms with E-state index in [2.05, 4.69) is 10.6 Å². The summed E-state index contributed by atoms with van der Waals surface area (Å²) < 4.78 is 13.0. The van der Waals surface area contributed by atoms with E-state index in [9.17, 15) is 4.39 Å². The molecule has 1 atom stereocenters. The first-order chi connectivity index (χ1) is 8.29. The van der Waals surface area contributed by atoms with Crippen molar-refractivity contribution in [1.82, 2.24) is 5.32 Å². The Morgan fingerprint density at radius 3 is 3.12 bits per heavy atom. The molecular weight excluding hydrogens is 217 g/mol. The number of benzene rings is 1. The smallest absolute Gasteiger partial charge is 0.124 e. The maximum Gasteiger partial charge on any atom is 0.124 e. The quantitative estimate of drug-likeness (QED) is 0.823. The van der Waals surface area contributed by atoms with Crippen LogP contribution in [0.3, 0.4) is 0 Å². The number of hydrogen-bond acceptors (Lipinski definition) is 3. The van der Waals surface area contributed by atoms with Gasteiger partial charge in [0.05, 0.1) is 11.3 Å². The van der Waals surface area contributed by atoms with Crippen LogP contribution in [-0.4, -0.2) is 19.1 Å². The Morgan fingerprint density at radius 2 is 2.29 bits per heavy atom.